The SMILES string of the molecule is Cc1cccc(N2C(N)=NCC2c2cc(C)ccc2C)c1. The lowest BCUT2D eigenvalue weighted by Gasteiger charge is -2.28. The van der Waals surface area contributed by atoms with E-state index in [1.807, 2.05) is 0 Å². The first-order valence-corrected chi connectivity index (χ1v) is 7.29. The molecule has 3 rings (SSSR count). The van der Waals surface area contributed by atoms with Crippen molar-refractivity contribution in [2.45, 2.75) is 26.8 Å². The van der Waals surface area contributed by atoms with E-state index in [1.54, 1.807) is 0 Å². The maximum Gasteiger partial charge on any atom is 0.196 e. The zero-order chi connectivity index (χ0) is 15.0. The van der Waals surface area contributed by atoms with Crippen molar-refractivity contribution in [3.05, 3.63) is 64.7 Å². The second kappa shape index (κ2) is 5.24. The molecule has 2 aromatic carbocycles. The molecule has 1 aliphatic rings. The summed E-state index contributed by atoms with van der Waals surface area (Å²) in [6.07, 6.45) is 0. The molecule has 0 amide bonds. The monoisotopic (exact) mass is 279 g/mol. The molecule has 0 aromatic heterocycles. The zero-order valence-corrected chi connectivity index (χ0v) is 12.8. The van der Waals surface area contributed by atoms with Crippen LogP contribution >= 0.6 is 0 Å². The van der Waals surface area contributed by atoms with Crippen LogP contribution in [0.25, 0.3) is 0 Å². The van der Waals surface area contributed by atoms with E-state index >= 15 is 0 Å². The van der Waals surface area contributed by atoms with Crippen LogP contribution in [0.2, 0.25) is 0 Å². The van der Waals surface area contributed by atoms with Crippen LogP contribution in [0.4, 0.5) is 5.69 Å². The number of nitrogens with two attached hydrogens (primary N) is 1. The minimum Gasteiger partial charge on any atom is -0.369 e. The standard InChI is InChI=1S/C18H21N3/c1-12-5-4-6-15(9-12)21-17(11-20-18(21)19)16-10-13(2)7-8-14(16)3/h4-10,17H,11H2,1-3H3,(H2,19,20). The molecule has 1 unspecified atom stereocenters. The highest BCUT2D eigenvalue weighted by molar-refractivity contribution is 5.97. The second-order valence-corrected chi connectivity index (χ2v) is 5.78. The fourth-order valence-electron chi connectivity index (χ4n) is 2.94. The van der Waals surface area contributed by atoms with E-state index in [1.165, 1.54) is 22.3 Å². The van der Waals surface area contributed by atoms with Crippen LogP contribution in [0.5, 0.6) is 0 Å². The number of hydrogen-bond donors (Lipinski definition) is 1. The molecule has 1 aliphatic heterocycles. The molecule has 2 aromatic rings. The third kappa shape index (κ3) is 2.51. The average molecular weight is 279 g/mol. The predicted molar refractivity (Wildman–Crippen MR) is 88.8 cm³/mol. The first kappa shape index (κ1) is 13.7. The number of aryl methyl sites for hydroxylation is 3. The number of hydrogen-bond acceptors (Lipinski definition) is 3. The van der Waals surface area contributed by atoms with E-state index < -0.39 is 0 Å². The second-order valence-electron chi connectivity index (χ2n) is 5.78. The van der Waals surface area contributed by atoms with Gasteiger partial charge >= 0.3 is 0 Å². The lowest BCUT2D eigenvalue weighted by Crippen LogP contribution is -2.36. The van der Waals surface area contributed by atoms with Crippen molar-refractivity contribution in [2.75, 3.05) is 11.4 Å². The summed E-state index contributed by atoms with van der Waals surface area (Å²) in [7, 11) is 0. The highest BCUT2D eigenvalue weighted by Gasteiger charge is 2.29. The molecule has 0 aliphatic carbocycles. The van der Waals surface area contributed by atoms with Crippen LogP contribution < -0.4 is 10.6 Å². The van der Waals surface area contributed by atoms with Crippen molar-refractivity contribution >= 4 is 11.6 Å². The van der Waals surface area contributed by atoms with Crippen LogP contribution in [0.3, 0.4) is 0 Å². The largest absolute Gasteiger partial charge is 0.369 e. The van der Waals surface area contributed by atoms with Crippen LogP contribution in [-0.2, 0) is 0 Å². The number of nitrogens with zero attached hydrogens (tertiary/aromatic N) is 2. The quantitative estimate of drug-likeness (QED) is 0.914. The van der Waals surface area contributed by atoms with Crippen LogP contribution in [-0.4, -0.2) is 12.5 Å². The molecule has 0 bridgehead atoms. The van der Waals surface area contributed by atoms with E-state index in [-0.39, 0.29) is 6.04 Å². The van der Waals surface area contributed by atoms with Gasteiger partial charge in [0.25, 0.3) is 0 Å². The molecule has 21 heavy (non-hydrogen) atoms. The van der Waals surface area contributed by atoms with Gasteiger partial charge in [0, 0.05) is 5.69 Å². The summed E-state index contributed by atoms with van der Waals surface area (Å²) < 4.78 is 0. The Labute approximate surface area is 126 Å². The van der Waals surface area contributed by atoms with Crippen molar-refractivity contribution in [2.24, 2.45) is 10.7 Å². The molecule has 2 N–H and O–H groups in total. The molecule has 3 nitrogen and oxygen atoms in total. The lowest BCUT2D eigenvalue weighted by molar-refractivity contribution is 0.761. The van der Waals surface area contributed by atoms with Gasteiger partial charge in [0.2, 0.25) is 0 Å². The van der Waals surface area contributed by atoms with Gasteiger partial charge in [-0.05, 0) is 49.6 Å². The fourth-order valence-corrected chi connectivity index (χ4v) is 2.94. The number of guanidine groups is 1. The summed E-state index contributed by atoms with van der Waals surface area (Å²) in [5.74, 6) is 0.603. The van der Waals surface area contributed by atoms with Crippen LogP contribution in [0, 0.1) is 20.8 Å². The van der Waals surface area contributed by atoms with Gasteiger partial charge in [0.15, 0.2) is 5.96 Å². The maximum atomic E-state index is 6.15. The van der Waals surface area contributed by atoms with Crippen molar-refractivity contribution in [3.63, 3.8) is 0 Å². The predicted octanol–water partition coefficient (Wildman–Crippen LogP) is 3.49. The van der Waals surface area contributed by atoms with E-state index in [9.17, 15) is 0 Å². The van der Waals surface area contributed by atoms with Crippen molar-refractivity contribution in [1.29, 1.82) is 0 Å². The molecule has 0 saturated heterocycles. The highest BCUT2D eigenvalue weighted by atomic mass is 15.3. The molecule has 0 saturated carbocycles. The molecular formula is C18H21N3. The van der Waals surface area contributed by atoms with Crippen molar-refractivity contribution in [3.8, 4) is 0 Å². The van der Waals surface area contributed by atoms with Crippen molar-refractivity contribution < 1.29 is 0 Å². The Morgan fingerprint density at radius 1 is 1.05 bits per heavy atom. The van der Waals surface area contributed by atoms with Crippen LogP contribution in [0.1, 0.15) is 28.3 Å². The summed E-state index contributed by atoms with van der Waals surface area (Å²) in [5, 5.41) is 0. The third-order valence-corrected chi connectivity index (χ3v) is 4.06. The number of anilines is 1. The van der Waals surface area contributed by atoms with Gasteiger partial charge in [0.05, 0.1) is 12.6 Å². The summed E-state index contributed by atoms with van der Waals surface area (Å²) in [5.41, 5.74) is 12.4. The van der Waals surface area contributed by atoms with Gasteiger partial charge in [0.1, 0.15) is 0 Å². The molecule has 0 fully saturated rings. The minimum absolute atomic E-state index is 0.187. The number of aliphatic imine (C=N–C) groups is 1. The molecule has 0 radical (unpaired) electrons. The Balaban J connectivity index is 2.05. The Kier molecular flexibility index (Phi) is 3.42. The van der Waals surface area contributed by atoms with Crippen molar-refractivity contribution in [1.82, 2.24) is 0 Å². The minimum atomic E-state index is 0.187. The molecular weight excluding hydrogens is 258 g/mol. The van der Waals surface area contributed by atoms with E-state index in [4.69, 9.17) is 5.73 Å². The summed E-state index contributed by atoms with van der Waals surface area (Å²) >= 11 is 0. The Hall–Kier alpha value is -2.29. The Morgan fingerprint density at radius 2 is 1.81 bits per heavy atom. The first-order chi connectivity index (χ1) is 10.1. The van der Waals surface area contributed by atoms with Gasteiger partial charge in [-0.2, -0.15) is 0 Å². The van der Waals surface area contributed by atoms with Gasteiger partial charge < -0.3 is 10.6 Å². The number of rotatable bonds is 2. The highest BCUT2D eigenvalue weighted by Crippen LogP contribution is 2.33. The third-order valence-electron chi connectivity index (χ3n) is 4.06. The smallest absolute Gasteiger partial charge is 0.196 e. The van der Waals surface area contributed by atoms with Gasteiger partial charge in [-0.15, -0.1) is 0 Å². The van der Waals surface area contributed by atoms with Gasteiger partial charge in [-0.3, -0.25) is 4.99 Å². The molecule has 0 spiro atoms. The molecule has 3 heteroatoms. The zero-order valence-electron chi connectivity index (χ0n) is 12.8. The van der Waals surface area contributed by atoms with Gasteiger partial charge in [-0.1, -0.05) is 35.9 Å². The summed E-state index contributed by atoms with van der Waals surface area (Å²) in [6, 6.07) is 15.2. The summed E-state index contributed by atoms with van der Waals surface area (Å²) in [6.45, 7) is 7.08. The maximum absolute atomic E-state index is 6.15. The molecule has 1 heterocycles. The fraction of sp³-hybridized carbons (Fsp3) is 0.278. The van der Waals surface area contributed by atoms with E-state index in [0.29, 0.717) is 12.5 Å². The average Bonchev–Trinajstić information content (AvgIpc) is 2.83. The Bertz CT molecular complexity index is 703. The normalized spacial score (nSPS) is 18.0. The molecule has 108 valence electrons. The number of benzene rings is 2. The topological polar surface area (TPSA) is 41.6 Å². The van der Waals surface area contributed by atoms with Crippen LogP contribution in [0.15, 0.2) is 47.5 Å². The first-order valence-electron chi connectivity index (χ1n) is 7.29. The van der Waals surface area contributed by atoms with Gasteiger partial charge in [-0.25, -0.2) is 0 Å². The van der Waals surface area contributed by atoms with E-state index in [0.717, 1.165) is 5.69 Å². The van der Waals surface area contributed by atoms with E-state index in [2.05, 4.69) is 73.1 Å². The summed E-state index contributed by atoms with van der Waals surface area (Å²) in [4.78, 5) is 6.62. The molecule has 1 atom stereocenters. The lowest BCUT2D eigenvalue weighted by atomic mass is 9.98. The Morgan fingerprint density at radius 3 is 2.57 bits per heavy atom.